The fraction of sp³-hybridized carbons (Fsp3) is 0.167. The quantitative estimate of drug-likeness (QED) is 0.810. The van der Waals surface area contributed by atoms with Crippen LogP contribution < -0.4 is 9.47 Å². The summed E-state index contributed by atoms with van der Waals surface area (Å²) in [5, 5.41) is 1.40. The van der Waals surface area contributed by atoms with Gasteiger partial charge in [0.05, 0.1) is 11.6 Å². The van der Waals surface area contributed by atoms with Crippen LogP contribution >= 0.6 is 15.9 Å². The summed E-state index contributed by atoms with van der Waals surface area (Å²) < 4.78 is 45.8. The molecule has 0 aliphatic carbocycles. The minimum absolute atomic E-state index is 0.248. The van der Waals surface area contributed by atoms with Gasteiger partial charge in [-0.15, -0.1) is 13.2 Å². The number of benzene rings is 2. The van der Waals surface area contributed by atoms with Gasteiger partial charge < -0.3 is 9.47 Å². The molecule has 2 rings (SSSR count). The maximum absolute atomic E-state index is 12.2. The average Bonchev–Trinajstić information content (AvgIpc) is 2.27. The van der Waals surface area contributed by atoms with E-state index >= 15 is 0 Å². The zero-order chi connectivity index (χ0) is 13.3. The van der Waals surface area contributed by atoms with Crippen molar-refractivity contribution in [3.63, 3.8) is 0 Å². The summed E-state index contributed by atoms with van der Waals surface area (Å²) in [6.45, 7) is 0. The first-order chi connectivity index (χ1) is 8.39. The summed E-state index contributed by atoms with van der Waals surface area (Å²) in [7, 11) is 1.49. The molecule has 2 nitrogen and oxygen atoms in total. The number of methoxy groups -OCH3 is 1. The molecule has 2 aromatic carbocycles. The second-order valence-electron chi connectivity index (χ2n) is 3.54. The summed E-state index contributed by atoms with van der Waals surface area (Å²) in [5.41, 5.74) is 0. The van der Waals surface area contributed by atoms with Gasteiger partial charge in [-0.1, -0.05) is 6.07 Å². The number of rotatable bonds is 2. The van der Waals surface area contributed by atoms with Gasteiger partial charge in [-0.05, 0) is 51.0 Å². The second-order valence-corrected chi connectivity index (χ2v) is 4.40. The Kier molecular flexibility index (Phi) is 3.38. The number of ether oxygens (including phenoxy) is 2. The van der Waals surface area contributed by atoms with Gasteiger partial charge in [0.15, 0.2) is 0 Å². The number of alkyl halides is 3. The standard InChI is InChI=1S/C12H8BrF3O2/c1-17-9-3-2-7-5-10(13)11(6-8(7)4-9)18-12(14,15)16/h2-6H,1H3. The van der Waals surface area contributed by atoms with E-state index in [2.05, 4.69) is 20.7 Å². The number of fused-ring (bicyclic) bond motifs is 1. The Morgan fingerprint density at radius 1 is 1.06 bits per heavy atom. The Bertz CT molecular complexity index is 581. The Hall–Kier alpha value is -1.43. The highest BCUT2D eigenvalue weighted by Crippen LogP contribution is 2.35. The van der Waals surface area contributed by atoms with Crippen LogP contribution in [0.4, 0.5) is 13.2 Å². The van der Waals surface area contributed by atoms with Crippen LogP contribution in [0.15, 0.2) is 34.8 Å². The fourth-order valence-electron chi connectivity index (χ4n) is 1.56. The smallest absolute Gasteiger partial charge is 0.497 e. The lowest BCUT2D eigenvalue weighted by Crippen LogP contribution is -2.17. The van der Waals surface area contributed by atoms with E-state index < -0.39 is 6.36 Å². The van der Waals surface area contributed by atoms with Crippen molar-refractivity contribution in [2.45, 2.75) is 6.36 Å². The van der Waals surface area contributed by atoms with Crippen molar-refractivity contribution in [2.75, 3.05) is 7.11 Å². The van der Waals surface area contributed by atoms with E-state index in [0.717, 1.165) is 5.39 Å². The van der Waals surface area contributed by atoms with Crippen molar-refractivity contribution >= 4 is 26.7 Å². The molecule has 0 spiro atoms. The predicted octanol–water partition coefficient (Wildman–Crippen LogP) is 4.51. The highest BCUT2D eigenvalue weighted by atomic mass is 79.9. The zero-order valence-corrected chi connectivity index (χ0v) is 10.8. The van der Waals surface area contributed by atoms with E-state index in [9.17, 15) is 13.2 Å². The summed E-state index contributed by atoms with van der Waals surface area (Å²) >= 11 is 3.05. The largest absolute Gasteiger partial charge is 0.573 e. The van der Waals surface area contributed by atoms with Crippen molar-refractivity contribution < 1.29 is 22.6 Å². The third-order valence-corrected chi connectivity index (χ3v) is 2.94. The average molecular weight is 321 g/mol. The van der Waals surface area contributed by atoms with Crippen LogP contribution in [0.3, 0.4) is 0 Å². The molecule has 0 fully saturated rings. The summed E-state index contributed by atoms with van der Waals surface area (Å²) in [4.78, 5) is 0. The minimum Gasteiger partial charge on any atom is -0.497 e. The molecule has 0 aliphatic heterocycles. The van der Waals surface area contributed by atoms with Crippen LogP contribution in [0.5, 0.6) is 11.5 Å². The van der Waals surface area contributed by atoms with Crippen molar-refractivity contribution in [2.24, 2.45) is 0 Å². The lowest BCUT2D eigenvalue weighted by Gasteiger charge is -2.12. The Morgan fingerprint density at radius 2 is 1.78 bits per heavy atom. The Labute approximate surface area is 109 Å². The van der Waals surface area contributed by atoms with E-state index in [1.54, 1.807) is 24.3 Å². The van der Waals surface area contributed by atoms with Gasteiger partial charge in [-0.3, -0.25) is 0 Å². The molecule has 0 saturated carbocycles. The van der Waals surface area contributed by atoms with E-state index in [1.807, 2.05) is 0 Å². The van der Waals surface area contributed by atoms with Crippen LogP contribution in [0.1, 0.15) is 0 Å². The third kappa shape index (κ3) is 2.87. The lowest BCUT2D eigenvalue weighted by atomic mass is 10.1. The molecule has 0 radical (unpaired) electrons. The van der Waals surface area contributed by atoms with Gasteiger partial charge in [-0.25, -0.2) is 0 Å². The van der Waals surface area contributed by atoms with Gasteiger partial charge in [0.25, 0.3) is 0 Å². The topological polar surface area (TPSA) is 18.5 Å². The van der Waals surface area contributed by atoms with Gasteiger partial charge >= 0.3 is 6.36 Å². The number of halogens is 4. The van der Waals surface area contributed by atoms with Gasteiger partial charge in [0, 0.05) is 0 Å². The normalized spacial score (nSPS) is 11.6. The third-order valence-electron chi connectivity index (χ3n) is 2.32. The molecule has 0 heterocycles. The first-order valence-electron chi connectivity index (χ1n) is 4.92. The van der Waals surface area contributed by atoms with Crippen LogP contribution in [0.2, 0.25) is 0 Å². The molecular formula is C12H8BrF3O2. The van der Waals surface area contributed by atoms with E-state index in [0.29, 0.717) is 11.1 Å². The molecule has 0 unspecified atom stereocenters. The monoisotopic (exact) mass is 320 g/mol. The zero-order valence-electron chi connectivity index (χ0n) is 9.22. The molecule has 0 atom stereocenters. The highest BCUT2D eigenvalue weighted by molar-refractivity contribution is 9.10. The molecule has 0 amide bonds. The minimum atomic E-state index is -4.71. The van der Waals surface area contributed by atoms with Crippen molar-refractivity contribution in [3.8, 4) is 11.5 Å². The molecule has 0 aliphatic rings. The van der Waals surface area contributed by atoms with Gasteiger partial charge in [0.1, 0.15) is 11.5 Å². The molecule has 6 heteroatoms. The highest BCUT2D eigenvalue weighted by Gasteiger charge is 2.32. The molecule has 0 N–H and O–H groups in total. The van der Waals surface area contributed by atoms with Crippen molar-refractivity contribution in [1.29, 1.82) is 0 Å². The van der Waals surface area contributed by atoms with E-state index in [1.165, 1.54) is 13.2 Å². The van der Waals surface area contributed by atoms with Crippen molar-refractivity contribution in [1.82, 2.24) is 0 Å². The molecular weight excluding hydrogens is 313 g/mol. The molecule has 0 aromatic heterocycles. The Balaban J connectivity index is 2.51. The van der Waals surface area contributed by atoms with Crippen LogP contribution in [0, 0.1) is 0 Å². The van der Waals surface area contributed by atoms with Crippen LogP contribution in [0.25, 0.3) is 10.8 Å². The maximum atomic E-state index is 12.2. The summed E-state index contributed by atoms with van der Waals surface area (Å²) in [6.07, 6.45) is -4.71. The molecule has 18 heavy (non-hydrogen) atoms. The lowest BCUT2D eigenvalue weighted by molar-refractivity contribution is -0.274. The number of hydrogen-bond donors (Lipinski definition) is 0. The SMILES string of the molecule is COc1ccc2cc(Br)c(OC(F)(F)F)cc2c1. The van der Waals surface area contributed by atoms with Crippen LogP contribution in [-0.2, 0) is 0 Å². The van der Waals surface area contributed by atoms with Crippen molar-refractivity contribution in [3.05, 3.63) is 34.8 Å². The Morgan fingerprint density at radius 3 is 2.39 bits per heavy atom. The maximum Gasteiger partial charge on any atom is 0.573 e. The predicted molar refractivity (Wildman–Crippen MR) is 64.9 cm³/mol. The fourth-order valence-corrected chi connectivity index (χ4v) is 2.00. The van der Waals surface area contributed by atoms with E-state index in [4.69, 9.17) is 4.74 Å². The summed E-state index contributed by atoms with van der Waals surface area (Å²) in [5.74, 6) is 0.297. The molecule has 0 saturated heterocycles. The summed E-state index contributed by atoms with van der Waals surface area (Å²) in [6, 6.07) is 8.02. The first kappa shape index (κ1) is 13.0. The van der Waals surface area contributed by atoms with Crippen LogP contribution in [-0.4, -0.2) is 13.5 Å². The molecule has 0 bridgehead atoms. The first-order valence-corrected chi connectivity index (χ1v) is 5.71. The molecule has 96 valence electrons. The second kappa shape index (κ2) is 4.68. The number of hydrogen-bond acceptors (Lipinski definition) is 2. The van der Waals surface area contributed by atoms with Gasteiger partial charge in [-0.2, -0.15) is 0 Å². The molecule has 2 aromatic rings. The van der Waals surface area contributed by atoms with Gasteiger partial charge in [0.2, 0.25) is 0 Å². The van der Waals surface area contributed by atoms with E-state index in [-0.39, 0.29) is 10.2 Å².